The second-order valence-corrected chi connectivity index (χ2v) is 37.0. The van der Waals surface area contributed by atoms with Crippen LogP contribution in [-0.2, 0) is 123 Å². The van der Waals surface area contributed by atoms with Gasteiger partial charge in [0.05, 0.1) is 92.0 Å². The van der Waals surface area contributed by atoms with Gasteiger partial charge in [-0.2, -0.15) is 0 Å². The molecule has 12 fully saturated rings. The lowest BCUT2D eigenvalue weighted by molar-refractivity contribution is -0.386. The van der Waals surface area contributed by atoms with Crippen molar-refractivity contribution in [1.29, 1.82) is 0 Å². The van der Waals surface area contributed by atoms with Gasteiger partial charge in [-0.05, 0) is 13.8 Å². The molecule has 24 unspecified atom stereocenters. The fraction of sp³-hybridized carbons (Fsp3) is 0.940. The van der Waals surface area contributed by atoms with Crippen LogP contribution in [0.15, 0.2) is 12.7 Å². The maximum Gasteiger partial charge on any atom is 0.217 e. The summed E-state index contributed by atoms with van der Waals surface area (Å²) in [6.45, 7) is -0.0286. The lowest BCUT2D eigenvalue weighted by atomic mass is 9.94. The van der Waals surface area contributed by atoms with Gasteiger partial charge in [0, 0.05) is 27.4 Å². The zero-order chi connectivity index (χ0) is 110. The summed E-state index contributed by atoms with van der Waals surface area (Å²) in [6, 6.07) is -4.44. The van der Waals surface area contributed by atoms with Crippen LogP contribution in [0.3, 0.4) is 0 Å². The molecule has 60 atom stereocenters. The highest BCUT2D eigenvalue weighted by Crippen LogP contribution is 2.42. The Labute approximate surface area is 846 Å². The van der Waals surface area contributed by atoms with Crippen LogP contribution < -0.4 is 16.0 Å². The minimum atomic E-state index is -2.02. The highest BCUT2D eigenvalue weighted by molar-refractivity contribution is 5.74. The van der Waals surface area contributed by atoms with Gasteiger partial charge in [-0.25, -0.2) is 0 Å². The van der Waals surface area contributed by atoms with Gasteiger partial charge in [0.25, 0.3) is 0 Å². The lowest BCUT2D eigenvalue weighted by Crippen LogP contribution is -2.69. The van der Waals surface area contributed by atoms with E-state index >= 15 is 0 Å². The first-order valence-corrected chi connectivity index (χ1v) is 47.7. The van der Waals surface area contributed by atoms with E-state index in [1.165, 1.54) is 13.0 Å². The highest BCUT2D eigenvalue weighted by Gasteiger charge is 2.63. The van der Waals surface area contributed by atoms with Crippen LogP contribution in [0.25, 0.3) is 0 Å². The number of aliphatic hydroxyl groups excluding tert-OH is 36. The second kappa shape index (κ2) is 57.5. The van der Waals surface area contributed by atoms with Crippen molar-refractivity contribution >= 4 is 17.7 Å². The van der Waals surface area contributed by atoms with Gasteiger partial charge in [-0.1, -0.05) is 6.08 Å². The number of hydrogen-bond donors (Lipinski definition) is 39. The molecule has 12 aliphatic rings. The Bertz CT molecular complexity index is 3950. The van der Waals surface area contributed by atoms with Gasteiger partial charge in [-0.3, -0.25) is 14.4 Å². The van der Waals surface area contributed by atoms with E-state index in [9.17, 15) is 198 Å². The number of hydrogen-bond acceptors (Lipinski definition) is 62. The Morgan fingerprint density at radius 1 is 0.221 bits per heavy atom. The molecule has 0 aromatic rings. The van der Waals surface area contributed by atoms with E-state index in [2.05, 4.69) is 22.5 Å². The zero-order valence-corrected chi connectivity index (χ0v) is 80.5. The van der Waals surface area contributed by atoms with Crippen molar-refractivity contribution in [2.24, 2.45) is 0 Å². The van der Waals surface area contributed by atoms with Crippen molar-refractivity contribution in [3.05, 3.63) is 12.7 Å². The third-order valence-corrected chi connectivity index (χ3v) is 26.8. The van der Waals surface area contributed by atoms with E-state index in [0.717, 1.165) is 20.8 Å². The van der Waals surface area contributed by atoms with Crippen LogP contribution >= 0.6 is 0 Å². The van der Waals surface area contributed by atoms with Crippen molar-refractivity contribution in [3.8, 4) is 0 Å². The quantitative estimate of drug-likeness (QED) is 0.0255. The minimum absolute atomic E-state index is 0.0675. The van der Waals surface area contributed by atoms with Crippen molar-refractivity contribution in [1.82, 2.24) is 16.0 Å². The Kier molecular flexibility index (Phi) is 48.9. The number of nitrogens with one attached hydrogen (secondary N) is 3. The molecule has 12 saturated heterocycles. The molecule has 12 rings (SSSR count). The molecule has 0 spiro atoms. The molecule has 12 heterocycles. The molecule has 0 aromatic carbocycles. The largest absolute Gasteiger partial charge is 0.394 e. The average molecular weight is 2190 g/mol. The first-order chi connectivity index (χ1) is 70.6. The van der Waals surface area contributed by atoms with E-state index in [-0.39, 0.29) is 13.2 Å². The maximum atomic E-state index is 11.8. The number of carbonyl (C=O) groups excluding carboxylic acids is 3. The van der Waals surface area contributed by atoms with Crippen LogP contribution in [0.4, 0.5) is 0 Å². The van der Waals surface area contributed by atoms with Gasteiger partial charge in [0.2, 0.25) is 17.7 Å². The zero-order valence-electron chi connectivity index (χ0n) is 80.5. The van der Waals surface area contributed by atoms with Gasteiger partial charge < -0.3 is 309 Å². The van der Waals surface area contributed by atoms with Gasteiger partial charge in [0.1, 0.15) is 293 Å². The van der Waals surface area contributed by atoms with E-state index in [1.54, 1.807) is 6.92 Å². The Morgan fingerprint density at radius 2 is 0.403 bits per heavy atom. The normalized spacial score (nSPS) is 48.9. The summed E-state index contributed by atoms with van der Waals surface area (Å²) >= 11 is 0. The molecule has 0 aliphatic carbocycles. The second-order valence-electron chi connectivity index (χ2n) is 37.0. The summed E-state index contributed by atoms with van der Waals surface area (Å²) in [5.41, 5.74) is 0. The molecule has 0 aromatic heterocycles. The third-order valence-electron chi connectivity index (χ3n) is 26.8. The molecule has 3 amide bonds. The van der Waals surface area contributed by atoms with E-state index in [4.69, 9.17) is 109 Å². The van der Waals surface area contributed by atoms with E-state index in [0.29, 0.717) is 0 Å². The predicted octanol–water partition coefficient (Wildman–Crippen LogP) is -25.5. The molecule has 65 nitrogen and oxygen atoms in total. The fourth-order valence-corrected chi connectivity index (χ4v) is 18.6. The van der Waals surface area contributed by atoms with Crippen molar-refractivity contribution in [3.63, 3.8) is 0 Å². The van der Waals surface area contributed by atoms with E-state index < -0.39 is 465 Å². The van der Waals surface area contributed by atoms with E-state index in [1.807, 2.05) is 0 Å². The number of aliphatic hydroxyl groups is 36. The molecule has 868 valence electrons. The standard InChI is InChI=1S/C29H49NO21.C28H49NO21.C27H47NO20/c1-3-4-44-27-20(41)18(39)23(12(7-33)47-27)49-28-21(42)19(40)24(13(8-34)48-28)50-29-22(43)25(16(37)11(6-32)46-29)51-26-14(30-9(2)35)17(38)15(36)10(5-31)45-26;1-3-43-26-19(40)17(38)22(11(6-32)46-26)48-27-20(41)18(39)23(12(7-33)47-27)49-28-21(42)24(15(36)10(5-31)45-28)50-25-13(29-8(2)34)16(37)14(35)9(4-30)44-25;1-7-14(34)18(38)22(11(5-31)42-7)46-26-20(40)19(39)23(12(6-32)45-26)47-27-21(41)24(16(36)10(4-30)44-27)48-25-13(28-8(2)33)17(37)15(35)9(3-29)43-25/h3,10-29,31-34,36-43H,1,4-8H2,2H3,(H,30,35);9-28,30-33,35-42H,3-7H2,1-2H3,(H,29,34);7,9-27,29-32,34-41H,3-6H2,1-2H3,(H,28,33)/t10?,11?,12?,13?,14?,15-,16-,17+,18+,19+,20?,21?,22?,23+,24-,25-,26-,27+,28-,29+;9?,10?,11?,12?,13?,14-,15-,16+,17+,18+,19?,20?,21?,22+,23-,24-,25-,26+,27-,28+;7-,9?,10?,11?,12?,13?,14?,15-,16-,17+,18+,19+,20?,21?,22+,23-,24-,25-,26-,27+/m000/s1. The molecular weight excluding hydrogens is 2040 g/mol. The number of amides is 3. The third kappa shape index (κ3) is 29.2. The van der Waals surface area contributed by atoms with Crippen molar-refractivity contribution in [2.45, 2.75) is 403 Å². The molecule has 65 heteroatoms. The molecule has 0 saturated carbocycles. The fourth-order valence-electron chi connectivity index (χ4n) is 18.6. The monoisotopic (exact) mass is 2190 g/mol. The first-order valence-electron chi connectivity index (χ1n) is 47.7. The Balaban J connectivity index is 0.000000229. The van der Waals surface area contributed by atoms with Gasteiger partial charge >= 0.3 is 0 Å². The topological polar surface area (TPSA) is 1030 Å². The number of ether oxygens (including phenoxy) is 23. The smallest absolute Gasteiger partial charge is 0.217 e. The van der Waals surface area contributed by atoms with Crippen LogP contribution in [0.5, 0.6) is 0 Å². The Hall–Kier alpha value is -4.21. The van der Waals surface area contributed by atoms with Crippen molar-refractivity contribution < 1.29 is 307 Å². The number of rotatable bonds is 38. The summed E-state index contributed by atoms with van der Waals surface area (Å²) in [7, 11) is 0. The summed E-state index contributed by atoms with van der Waals surface area (Å²) in [6.07, 6.45) is -94.3. The first kappa shape index (κ1) is 127. The minimum Gasteiger partial charge on any atom is -0.394 e. The molecule has 39 N–H and O–H groups in total. The summed E-state index contributed by atoms with van der Waals surface area (Å²) in [4.78, 5) is 35.5. The maximum absolute atomic E-state index is 11.8. The van der Waals surface area contributed by atoms with Gasteiger partial charge in [-0.15, -0.1) is 6.58 Å². The molecule has 149 heavy (non-hydrogen) atoms. The lowest BCUT2D eigenvalue weighted by Gasteiger charge is -2.49. The Morgan fingerprint density at radius 3 is 0.624 bits per heavy atom. The summed E-state index contributed by atoms with van der Waals surface area (Å²) in [5, 5.41) is 383. The van der Waals surface area contributed by atoms with Crippen LogP contribution in [-0.4, -0.2) is 662 Å². The molecule has 0 radical (unpaired) electrons. The van der Waals surface area contributed by atoms with Crippen LogP contribution in [0.2, 0.25) is 0 Å². The predicted molar refractivity (Wildman–Crippen MR) is 463 cm³/mol. The average Bonchev–Trinajstić information content (AvgIpc) is 0.764. The molecule has 0 bridgehead atoms. The van der Waals surface area contributed by atoms with Crippen LogP contribution in [0, 0.1) is 0 Å². The van der Waals surface area contributed by atoms with Gasteiger partial charge in [0.15, 0.2) is 69.2 Å². The molecule has 12 aliphatic heterocycles. The summed E-state index contributed by atoms with van der Waals surface area (Å²) < 4.78 is 128. The van der Waals surface area contributed by atoms with Crippen LogP contribution in [0.1, 0.15) is 34.6 Å². The SMILES string of the molecule is C=CCO[C@@H]1OC(CO)[C@@H](O[C@@H]2OC(CO)[C@H](O[C@H]3OC(CO)[C@H](O)[C@H](O[C@@H]4OC(CO)[C@H](O)[C@H](O)C4NC(C)=O)C3O)[C@H](O)C2O)[C@H](O)C1O.CC(=O)NC1[C@H](O[C@@H]2C(O)[C@@H](O[C@H]3C(CO)O[C@@H](O[C@@H]4C(CO)O[C@@H](C)C(O)[C@H]4O)C(O)[C@H]3O)OC(CO)[C@@H]2O)OC(CO)[C@H](O)[C@@H]1O.CCO[C@@H]1OC(CO)[C@@H](O[C@@H]2OC(CO)[C@H](O[C@H]3OC(CO)[C@H](O)[C@H](O[C@@H]4OC(CO)[C@H](O)[C@H](O)C4NC(C)=O)C3O)[C@H](O)C2O)[C@H](O)C1O. The summed E-state index contributed by atoms with van der Waals surface area (Å²) in [5.74, 6) is -2.06. The number of carbonyl (C=O) groups is 3. The highest BCUT2D eigenvalue weighted by atomic mass is 16.8. The molecular formula is C84H145N3O62. The van der Waals surface area contributed by atoms with Crippen molar-refractivity contribution in [2.75, 3.05) is 92.5 Å².